The summed E-state index contributed by atoms with van der Waals surface area (Å²) in [5, 5.41) is 7.58. The maximum absolute atomic E-state index is 14.3. The molecule has 0 aromatic heterocycles. The molecule has 1 saturated heterocycles. The number of hydrogen-bond acceptors (Lipinski definition) is 6. The smallest absolute Gasteiger partial charge is 0.363 e. The molecule has 1 rings (SSSR count). The standard InChI is InChI=1S/C31H51F3N6O6/c1-12-17-15-40(20(19(17)16(2)3)25(43)36-18(21(41)24(35)42)13-14-31(32,33)34)27(45)23(30(7,8)9)38-28(46)37-22(29(4,5)6)26(44)39(10)11/h12,16-20,22-23H,1,13-15H2,2-11H3,(H2,35,42)(H,36,43)(H2,37,38,46)/t17-,18?,19-,20-,22+,23+/m0/s1. The number of halogens is 3. The number of nitrogens with two attached hydrogens (primary N) is 1. The predicted molar refractivity (Wildman–Crippen MR) is 166 cm³/mol. The van der Waals surface area contributed by atoms with Gasteiger partial charge in [-0.2, -0.15) is 13.2 Å². The number of likely N-dealkylation sites (tertiary alicyclic amines) is 1. The van der Waals surface area contributed by atoms with Gasteiger partial charge in [-0.25, -0.2) is 4.79 Å². The van der Waals surface area contributed by atoms with E-state index in [9.17, 15) is 41.9 Å². The van der Waals surface area contributed by atoms with Crippen LogP contribution in [0.5, 0.6) is 0 Å². The van der Waals surface area contributed by atoms with Crippen LogP contribution in [0.2, 0.25) is 0 Å². The normalized spacial score (nSPS) is 20.7. The van der Waals surface area contributed by atoms with Gasteiger partial charge in [-0.1, -0.05) is 61.5 Å². The number of rotatable bonds is 12. The van der Waals surface area contributed by atoms with Crippen molar-refractivity contribution in [1.82, 2.24) is 25.8 Å². The molecule has 1 aliphatic heterocycles. The Bertz CT molecular complexity index is 1170. The van der Waals surface area contributed by atoms with E-state index >= 15 is 0 Å². The maximum atomic E-state index is 14.3. The van der Waals surface area contributed by atoms with Crippen LogP contribution in [0.25, 0.3) is 0 Å². The van der Waals surface area contributed by atoms with Crippen molar-refractivity contribution in [3.8, 4) is 0 Å². The molecule has 262 valence electrons. The lowest BCUT2D eigenvalue weighted by molar-refractivity contribution is -0.147. The highest BCUT2D eigenvalue weighted by molar-refractivity contribution is 6.37. The largest absolute Gasteiger partial charge is 0.389 e. The number of hydrogen-bond donors (Lipinski definition) is 4. The van der Waals surface area contributed by atoms with Crippen molar-refractivity contribution in [2.75, 3.05) is 20.6 Å². The van der Waals surface area contributed by atoms with Gasteiger partial charge in [0.1, 0.15) is 18.1 Å². The van der Waals surface area contributed by atoms with Gasteiger partial charge in [0.2, 0.25) is 23.5 Å². The molecule has 1 aliphatic rings. The second-order valence-corrected chi connectivity index (χ2v) is 14.5. The number of likely N-dealkylation sites (N-methyl/N-ethyl adjacent to an activating group) is 1. The van der Waals surface area contributed by atoms with Crippen molar-refractivity contribution < 1.29 is 41.9 Å². The summed E-state index contributed by atoms with van der Waals surface area (Å²) in [6.07, 6.45) is -5.51. The topological polar surface area (TPSA) is 171 Å². The van der Waals surface area contributed by atoms with Crippen LogP contribution in [-0.2, 0) is 24.0 Å². The van der Waals surface area contributed by atoms with Gasteiger partial charge >= 0.3 is 12.2 Å². The molecule has 1 unspecified atom stereocenters. The van der Waals surface area contributed by atoms with Crippen LogP contribution in [0.15, 0.2) is 12.7 Å². The lowest BCUT2D eigenvalue weighted by Crippen LogP contribution is -2.63. The van der Waals surface area contributed by atoms with Gasteiger partial charge in [-0.3, -0.25) is 24.0 Å². The Hall–Kier alpha value is -3.65. The molecule has 1 fully saturated rings. The average Bonchev–Trinajstić information content (AvgIpc) is 3.30. The number of nitrogens with zero attached hydrogens (tertiary/aromatic N) is 2. The minimum atomic E-state index is -4.68. The molecule has 0 bridgehead atoms. The Morgan fingerprint density at radius 2 is 1.43 bits per heavy atom. The molecular weight excluding hydrogens is 609 g/mol. The van der Waals surface area contributed by atoms with E-state index in [-0.39, 0.29) is 18.4 Å². The molecule has 46 heavy (non-hydrogen) atoms. The molecule has 5 N–H and O–H groups in total. The zero-order chi connectivity index (χ0) is 36.1. The van der Waals surface area contributed by atoms with Crippen LogP contribution >= 0.6 is 0 Å². The predicted octanol–water partition coefficient (Wildman–Crippen LogP) is 2.37. The Morgan fingerprint density at radius 3 is 1.83 bits per heavy atom. The summed E-state index contributed by atoms with van der Waals surface area (Å²) >= 11 is 0. The Morgan fingerprint density at radius 1 is 0.935 bits per heavy atom. The first-order valence-corrected chi connectivity index (χ1v) is 15.2. The highest BCUT2D eigenvalue weighted by Crippen LogP contribution is 2.38. The SMILES string of the molecule is C=C[C@H]1CN(C(=O)[C@@H](NC(=O)N[C@H](C(=O)N(C)C)C(C)(C)C)C(C)(C)C)[C@H](C(=O)NC(CCC(F)(F)F)C(=O)C(N)=O)[C@H]1C(C)C. The Kier molecular flexibility index (Phi) is 13.4. The molecule has 0 aliphatic carbocycles. The number of nitrogens with one attached hydrogen (secondary N) is 3. The fourth-order valence-electron chi connectivity index (χ4n) is 5.57. The summed E-state index contributed by atoms with van der Waals surface area (Å²) in [7, 11) is 3.10. The van der Waals surface area contributed by atoms with E-state index in [1.807, 2.05) is 0 Å². The number of ketones is 1. The van der Waals surface area contributed by atoms with E-state index in [2.05, 4.69) is 22.5 Å². The summed E-state index contributed by atoms with van der Waals surface area (Å²) in [5.74, 6) is -6.15. The fraction of sp³-hybridized carbons (Fsp3) is 0.742. The molecule has 12 nitrogen and oxygen atoms in total. The van der Waals surface area contributed by atoms with Crippen LogP contribution in [0.3, 0.4) is 0 Å². The van der Waals surface area contributed by atoms with Crippen molar-refractivity contribution in [3.63, 3.8) is 0 Å². The number of primary amides is 1. The van der Waals surface area contributed by atoms with Crippen molar-refractivity contribution in [1.29, 1.82) is 0 Å². The lowest BCUT2D eigenvalue weighted by atomic mass is 9.81. The van der Waals surface area contributed by atoms with Gasteiger partial charge < -0.3 is 31.5 Å². The number of Topliss-reactive ketones (excluding diaryl/α,β-unsaturated/α-hetero) is 1. The molecule has 0 spiro atoms. The van der Waals surface area contributed by atoms with Crippen LogP contribution in [-0.4, -0.2) is 96.2 Å². The number of amides is 6. The molecule has 0 aromatic rings. The number of carbonyl (C=O) groups is 6. The second kappa shape index (κ2) is 15.3. The summed E-state index contributed by atoms with van der Waals surface area (Å²) < 4.78 is 39.1. The van der Waals surface area contributed by atoms with Crippen LogP contribution in [0.1, 0.15) is 68.2 Å². The monoisotopic (exact) mass is 660 g/mol. The van der Waals surface area contributed by atoms with Crippen LogP contribution < -0.4 is 21.7 Å². The van der Waals surface area contributed by atoms with Crippen molar-refractivity contribution >= 4 is 35.4 Å². The zero-order valence-corrected chi connectivity index (χ0v) is 28.5. The highest BCUT2D eigenvalue weighted by Gasteiger charge is 2.51. The lowest BCUT2D eigenvalue weighted by Gasteiger charge is -2.38. The molecule has 0 saturated carbocycles. The number of alkyl halides is 3. The molecule has 6 atom stereocenters. The zero-order valence-electron chi connectivity index (χ0n) is 28.5. The highest BCUT2D eigenvalue weighted by atomic mass is 19.4. The van der Waals surface area contributed by atoms with Crippen LogP contribution in [0.4, 0.5) is 18.0 Å². The third-order valence-corrected chi connectivity index (χ3v) is 8.04. The Labute approximate surface area is 269 Å². The third-order valence-electron chi connectivity index (χ3n) is 8.04. The average molecular weight is 661 g/mol. The quantitative estimate of drug-likeness (QED) is 0.185. The van der Waals surface area contributed by atoms with Gasteiger partial charge in [0, 0.05) is 27.1 Å². The van der Waals surface area contributed by atoms with Crippen molar-refractivity contribution in [2.45, 2.75) is 98.6 Å². The summed E-state index contributed by atoms with van der Waals surface area (Å²) in [6, 6.07) is -6.15. The first kappa shape index (κ1) is 40.4. The molecule has 1 heterocycles. The minimum Gasteiger partial charge on any atom is -0.363 e. The van der Waals surface area contributed by atoms with E-state index in [0.29, 0.717) is 0 Å². The van der Waals surface area contributed by atoms with Crippen molar-refractivity contribution in [2.24, 2.45) is 34.3 Å². The molecule has 15 heteroatoms. The first-order valence-electron chi connectivity index (χ1n) is 15.2. The van der Waals surface area contributed by atoms with Gasteiger partial charge in [-0.15, -0.1) is 6.58 Å². The fourth-order valence-corrected chi connectivity index (χ4v) is 5.57. The maximum Gasteiger partial charge on any atom is 0.389 e. The van der Waals surface area contributed by atoms with E-state index in [1.165, 1.54) is 9.80 Å². The van der Waals surface area contributed by atoms with E-state index in [0.717, 1.165) is 0 Å². The number of carbonyl (C=O) groups excluding carboxylic acids is 6. The summed E-state index contributed by atoms with van der Waals surface area (Å²) in [4.78, 5) is 80.9. The number of urea groups is 1. The summed E-state index contributed by atoms with van der Waals surface area (Å²) in [5.41, 5.74) is 3.45. The third kappa shape index (κ3) is 10.7. The van der Waals surface area contributed by atoms with Crippen LogP contribution in [0, 0.1) is 28.6 Å². The van der Waals surface area contributed by atoms with Gasteiger partial charge in [0.05, 0.1) is 6.04 Å². The minimum absolute atomic E-state index is 0.0140. The van der Waals surface area contributed by atoms with E-state index in [1.54, 1.807) is 75.6 Å². The van der Waals surface area contributed by atoms with Gasteiger partial charge in [-0.05, 0) is 35.0 Å². The summed E-state index contributed by atoms with van der Waals surface area (Å²) in [6.45, 7) is 17.8. The van der Waals surface area contributed by atoms with E-state index < -0.39 is 95.4 Å². The molecule has 6 amide bonds. The van der Waals surface area contributed by atoms with E-state index in [4.69, 9.17) is 5.73 Å². The molecular formula is C31H51F3N6O6. The Balaban J connectivity index is 3.54. The van der Waals surface area contributed by atoms with Crippen molar-refractivity contribution in [3.05, 3.63) is 12.7 Å². The first-order chi connectivity index (χ1) is 20.7. The van der Waals surface area contributed by atoms with Gasteiger partial charge in [0.15, 0.2) is 0 Å². The molecule has 0 aromatic carbocycles. The second-order valence-electron chi connectivity index (χ2n) is 14.5. The molecule has 0 radical (unpaired) electrons. The van der Waals surface area contributed by atoms with Gasteiger partial charge in [0.25, 0.3) is 5.91 Å².